The standard InChI is InChI=1S/C14H17Cl2N3O/c1-4-13-17-18-14(20-13)8-19(3)9(2)11-6-5-10(15)7-12(11)16/h5-7,9H,4,8H2,1-3H3. The van der Waals surface area contributed by atoms with Crippen LogP contribution in [0.5, 0.6) is 0 Å². The first-order valence-electron chi connectivity index (χ1n) is 6.47. The monoisotopic (exact) mass is 313 g/mol. The molecule has 0 saturated carbocycles. The molecule has 1 unspecified atom stereocenters. The Balaban J connectivity index is 2.09. The van der Waals surface area contributed by atoms with Gasteiger partial charge in [-0.15, -0.1) is 10.2 Å². The highest BCUT2D eigenvalue weighted by Crippen LogP contribution is 2.29. The zero-order chi connectivity index (χ0) is 14.7. The van der Waals surface area contributed by atoms with Crippen LogP contribution in [0, 0.1) is 0 Å². The fraction of sp³-hybridized carbons (Fsp3) is 0.429. The Morgan fingerprint density at radius 2 is 1.95 bits per heavy atom. The highest BCUT2D eigenvalue weighted by atomic mass is 35.5. The lowest BCUT2D eigenvalue weighted by Crippen LogP contribution is -2.22. The van der Waals surface area contributed by atoms with Crippen LogP contribution in [0.25, 0.3) is 0 Å². The van der Waals surface area contributed by atoms with Crippen LogP contribution in [-0.2, 0) is 13.0 Å². The molecule has 108 valence electrons. The van der Waals surface area contributed by atoms with E-state index in [9.17, 15) is 0 Å². The summed E-state index contributed by atoms with van der Waals surface area (Å²) in [5, 5.41) is 9.29. The lowest BCUT2D eigenvalue weighted by Gasteiger charge is -2.24. The number of aromatic nitrogens is 2. The Morgan fingerprint density at radius 1 is 1.25 bits per heavy atom. The fourth-order valence-electron chi connectivity index (χ4n) is 1.92. The fourth-order valence-corrected chi connectivity index (χ4v) is 2.49. The maximum atomic E-state index is 6.24. The van der Waals surface area contributed by atoms with Gasteiger partial charge in [0.05, 0.1) is 6.54 Å². The van der Waals surface area contributed by atoms with Crippen LogP contribution in [-0.4, -0.2) is 22.1 Å². The predicted molar refractivity (Wildman–Crippen MR) is 80.0 cm³/mol. The van der Waals surface area contributed by atoms with Gasteiger partial charge in [-0.05, 0) is 31.7 Å². The maximum absolute atomic E-state index is 6.24. The van der Waals surface area contributed by atoms with Crippen LogP contribution >= 0.6 is 23.2 Å². The summed E-state index contributed by atoms with van der Waals surface area (Å²) in [4.78, 5) is 2.10. The van der Waals surface area contributed by atoms with Crippen LogP contribution in [0.3, 0.4) is 0 Å². The molecule has 0 aliphatic heterocycles. The van der Waals surface area contributed by atoms with Crippen molar-refractivity contribution >= 4 is 23.2 Å². The summed E-state index contributed by atoms with van der Waals surface area (Å²) in [5.41, 5.74) is 1.02. The molecular formula is C14H17Cl2N3O. The topological polar surface area (TPSA) is 42.2 Å². The van der Waals surface area contributed by atoms with Gasteiger partial charge in [0.1, 0.15) is 0 Å². The molecule has 1 aromatic heterocycles. The van der Waals surface area contributed by atoms with E-state index in [2.05, 4.69) is 22.0 Å². The maximum Gasteiger partial charge on any atom is 0.230 e. The normalized spacial score (nSPS) is 12.9. The zero-order valence-electron chi connectivity index (χ0n) is 11.7. The minimum absolute atomic E-state index is 0.122. The molecule has 0 amide bonds. The van der Waals surface area contributed by atoms with Crippen molar-refractivity contribution in [3.8, 4) is 0 Å². The van der Waals surface area contributed by atoms with Crippen LogP contribution in [0.15, 0.2) is 22.6 Å². The average Bonchev–Trinajstić information content (AvgIpc) is 2.85. The molecule has 0 bridgehead atoms. The highest BCUT2D eigenvalue weighted by Gasteiger charge is 2.17. The van der Waals surface area contributed by atoms with E-state index >= 15 is 0 Å². The highest BCUT2D eigenvalue weighted by molar-refractivity contribution is 6.35. The number of hydrogen-bond donors (Lipinski definition) is 0. The molecule has 1 atom stereocenters. The van der Waals surface area contributed by atoms with Crippen LogP contribution in [0.4, 0.5) is 0 Å². The Labute approximate surface area is 128 Å². The van der Waals surface area contributed by atoms with E-state index in [0.29, 0.717) is 28.4 Å². The lowest BCUT2D eigenvalue weighted by atomic mass is 10.1. The van der Waals surface area contributed by atoms with Crippen molar-refractivity contribution in [3.05, 3.63) is 45.6 Å². The molecule has 4 nitrogen and oxygen atoms in total. The van der Waals surface area contributed by atoms with Gasteiger partial charge >= 0.3 is 0 Å². The zero-order valence-corrected chi connectivity index (χ0v) is 13.2. The molecule has 20 heavy (non-hydrogen) atoms. The first kappa shape index (κ1) is 15.3. The molecule has 0 spiro atoms. The Hall–Kier alpha value is -1.10. The molecule has 1 heterocycles. The summed E-state index contributed by atoms with van der Waals surface area (Å²) in [6.07, 6.45) is 0.745. The van der Waals surface area contributed by atoms with E-state index in [1.165, 1.54) is 0 Å². The molecule has 0 radical (unpaired) electrons. The second-order valence-corrected chi connectivity index (χ2v) is 5.54. The van der Waals surface area contributed by atoms with Crippen molar-refractivity contribution in [2.45, 2.75) is 32.9 Å². The van der Waals surface area contributed by atoms with E-state index in [1.807, 2.05) is 26.1 Å². The lowest BCUT2D eigenvalue weighted by molar-refractivity contribution is 0.226. The third kappa shape index (κ3) is 3.51. The van der Waals surface area contributed by atoms with Crippen LogP contribution in [0.2, 0.25) is 10.0 Å². The van der Waals surface area contributed by atoms with Crippen molar-refractivity contribution in [1.82, 2.24) is 15.1 Å². The van der Waals surface area contributed by atoms with Gasteiger partial charge in [0.2, 0.25) is 11.8 Å². The van der Waals surface area contributed by atoms with E-state index < -0.39 is 0 Å². The second-order valence-electron chi connectivity index (χ2n) is 4.70. The van der Waals surface area contributed by atoms with Gasteiger partial charge in [0.25, 0.3) is 0 Å². The quantitative estimate of drug-likeness (QED) is 0.832. The minimum Gasteiger partial charge on any atom is -0.424 e. The van der Waals surface area contributed by atoms with Crippen molar-refractivity contribution < 1.29 is 4.42 Å². The molecule has 0 saturated heterocycles. The molecule has 0 N–H and O–H groups in total. The molecule has 6 heteroatoms. The van der Waals surface area contributed by atoms with Gasteiger partial charge in [-0.25, -0.2) is 0 Å². The molecule has 2 rings (SSSR count). The number of rotatable bonds is 5. The molecule has 0 aliphatic carbocycles. The van der Waals surface area contributed by atoms with Crippen molar-refractivity contribution in [2.75, 3.05) is 7.05 Å². The van der Waals surface area contributed by atoms with Gasteiger partial charge < -0.3 is 4.42 Å². The summed E-state index contributed by atoms with van der Waals surface area (Å²) < 4.78 is 5.52. The first-order chi connectivity index (χ1) is 9.51. The number of hydrogen-bond acceptors (Lipinski definition) is 4. The predicted octanol–water partition coefficient (Wildman–Crippen LogP) is 4.13. The van der Waals surface area contributed by atoms with Crippen molar-refractivity contribution in [1.29, 1.82) is 0 Å². The van der Waals surface area contributed by atoms with E-state index in [4.69, 9.17) is 27.6 Å². The molecule has 1 aromatic carbocycles. The van der Waals surface area contributed by atoms with Gasteiger partial charge in [0, 0.05) is 22.5 Å². The summed E-state index contributed by atoms with van der Waals surface area (Å²) >= 11 is 12.2. The smallest absolute Gasteiger partial charge is 0.230 e. The van der Waals surface area contributed by atoms with E-state index in [-0.39, 0.29) is 6.04 Å². The molecule has 0 aliphatic rings. The van der Waals surface area contributed by atoms with Gasteiger partial charge in [-0.1, -0.05) is 36.2 Å². The summed E-state index contributed by atoms with van der Waals surface area (Å²) in [6.45, 7) is 4.64. The van der Waals surface area contributed by atoms with Gasteiger partial charge in [0.15, 0.2) is 0 Å². The van der Waals surface area contributed by atoms with Crippen LogP contribution in [0.1, 0.15) is 37.2 Å². The largest absolute Gasteiger partial charge is 0.424 e. The number of aryl methyl sites for hydroxylation is 1. The van der Waals surface area contributed by atoms with E-state index in [0.717, 1.165) is 12.0 Å². The third-order valence-corrected chi connectivity index (χ3v) is 3.83. The number of nitrogens with zero attached hydrogens (tertiary/aromatic N) is 3. The SMILES string of the molecule is CCc1nnc(CN(C)C(C)c2ccc(Cl)cc2Cl)o1. The average molecular weight is 314 g/mol. The van der Waals surface area contributed by atoms with E-state index in [1.54, 1.807) is 6.07 Å². The minimum atomic E-state index is 0.122. The Bertz CT molecular complexity index is 586. The molecular weight excluding hydrogens is 297 g/mol. The summed E-state index contributed by atoms with van der Waals surface area (Å²) in [6, 6.07) is 5.66. The Morgan fingerprint density at radius 3 is 2.55 bits per heavy atom. The Kier molecular flexibility index (Phi) is 5.02. The van der Waals surface area contributed by atoms with Crippen molar-refractivity contribution in [3.63, 3.8) is 0 Å². The first-order valence-corrected chi connectivity index (χ1v) is 7.23. The number of benzene rings is 1. The van der Waals surface area contributed by atoms with Gasteiger partial charge in [-0.3, -0.25) is 4.90 Å². The summed E-state index contributed by atoms with van der Waals surface area (Å²) in [5.74, 6) is 1.27. The van der Waals surface area contributed by atoms with Crippen LogP contribution < -0.4 is 0 Å². The molecule has 0 fully saturated rings. The third-order valence-electron chi connectivity index (χ3n) is 3.27. The van der Waals surface area contributed by atoms with Crippen molar-refractivity contribution in [2.24, 2.45) is 0 Å². The molecule has 2 aromatic rings. The number of halogens is 2. The van der Waals surface area contributed by atoms with Gasteiger partial charge in [-0.2, -0.15) is 0 Å². The second kappa shape index (κ2) is 6.57. The summed E-state index contributed by atoms with van der Waals surface area (Å²) in [7, 11) is 1.99.